The van der Waals surface area contributed by atoms with E-state index in [1.54, 1.807) is 0 Å². The Balaban J connectivity index is 2.37. The highest BCUT2D eigenvalue weighted by atomic mass is 16.7. The van der Waals surface area contributed by atoms with Gasteiger partial charge in [0.1, 0.15) is 0 Å². The largest absolute Gasteiger partial charge is 0.451 e. The van der Waals surface area contributed by atoms with Crippen LogP contribution in [0, 0.1) is 0 Å². The summed E-state index contributed by atoms with van der Waals surface area (Å²) in [5.41, 5.74) is 5.73. The molecule has 0 bridgehead atoms. The van der Waals surface area contributed by atoms with Crippen molar-refractivity contribution < 1.29 is 9.47 Å². The molecule has 0 amide bonds. The van der Waals surface area contributed by atoms with E-state index >= 15 is 0 Å². The van der Waals surface area contributed by atoms with Crippen LogP contribution >= 0.6 is 0 Å². The van der Waals surface area contributed by atoms with Crippen LogP contribution in [-0.4, -0.2) is 31.9 Å². The second-order valence-corrected chi connectivity index (χ2v) is 2.77. The van der Waals surface area contributed by atoms with Gasteiger partial charge in [-0.05, 0) is 19.8 Å². The summed E-state index contributed by atoms with van der Waals surface area (Å²) in [6.45, 7) is 3.83. The zero-order valence-corrected chi connectivity index (χ0v) is 7.45. The van der Waals surface area contributed by atoms with Gasteiger partial charge in [-0.1, -0.05) is 0 Å². The highest BCUT2D eigenvalue weighted by molar-refractivity contribution is 5.66. The molecule has 0 aromatic rings. The van der Waals surface area contributed by atoms with Gasteiger partial charge in [-0.3, -0.25) is 0 Å². The Morgan fingerprint density at radius 3 is 3.25 bits per heavy atom. The lowest BCUT2D eigenvalue weighted by molar-refractivity contribution is 0.161. The minimum absolute atomic E-state index is 0.219. The Hall–Kier alpha value is -0.770. The maximum absolute atomic E-state index is 5.73. The van der Waals surface area contributed by atoms with Crippen LogP contribution in [-0.2, 0) is 9.47 Å². The smallest absolute Gasteiger partial charge is 0.383 e. The molecule has 0 aliphatic carbocycles. The zero-order chi connectivity index (χ0) is 8.81. The van der Waals surface area contributed by atoms with E-state index in [1.807, 2.05) is 6.92 Å². The maximum atomic E-state index is 5.73. The highest BCUT2D eigenvalue weighted by Crippen LogP contribution is 2.01. The van der Waals surface area contributed by atoms with Crippen LogP contribution in [0.1, 0.15) is 19.8 Å². The van der Waals surface area contributed by atoms with Crippen molar-refractivity contribution in [2.45, 2.75) is 25.8 Å². The van der Waals surface area contributed by atoms with Crippen molar-refractivity contribution in [1.29, 1.82) is 0 Å². The average molecular weight is 172 g/mol. The lowest BCUT2D eigenvalue weighted by Gasteiger charge is -2.15. The number of nitrogens with two attached hydrogens (primary N) is 1. The van der Waals surface area contributed by atoms with E-state index in [9.17, 15) is 0 Å². The van der Waals surface area contributed by atoms with Crippen molar-refractivity contribution in [1.82, 2.24) is 0 Å². The van der Waals surface area contributed by atoms with Gasteiger partial charge in [0.2, 0.25) is 0 Å². The fraction of sp³-hybridized carbons (Fsp3) is 0.875. The van der Waals surface area contributed by atoms with E-state index in [4.69, 9.17) is 15.2 Å². The van der Waals surface area contributed by atoms with E-state index in [0.29, 0.717) is 25.8 Å². The highest BCUT2D eigenvalue weighted by Gasteiger charge is 2.09. The Kier molecular flexibility index (Phi) is 3.87. The van der Waals surface area contributed by atoms with Gasteiger partial charge in [0.25, 0.3) is 0 Å². The topological polar surface area (TPSA) is 56.8 Å². The lowest BCUT2D eigenvalue weighted by atomic mass is 10.1. The number of hydrogen-bond donors (Lipinski definition) is 1. The van der Waals surface area contributed by atoms with Gasteiger partial charge < -0.3 is 15.2 Å². The third kappa shape index (κ3) is 3.09. The molecular formula is C8H16N2O2. The molecule has 1 unspecified atom stereocenters. The molecule has 1 aliphatic heterocycles. The fourth-order valence-electron chi connectivity index (χ4n) is 1.02. The minimum atomic E-state index is 0.219. The molecule has 1 atom stereocenters. The Morgan fingerprint density at radius 1 is 1.67 bits per heavy atom. The van der Waals surface area contributed by atoms with Crippen molar-refractivity contribution in [2.24, 2.45) is 10.7 Å². The first-order chi connectivity index (χ1) is 5.83. The molecule has 1 heterocycles. The standard InChI is InChI=1S/C8H16N2O2/c1-2-11-8-10-5-3-7(9)4-6-12-8/h7H,2-6,9H2,1H3/b10-8+. The Bertz CT molecular complexity index is 159. The second-order valence-electron chi connectivity index (χ2n) is 2.77. The normalized spacial score (nSPS) is 29.2. The van der Waals surface area contributed by atoms with E-state index in [0.717, 1.165) is 12.8 Å². The maximum Gasteiger partial charge on any atom is 0.383 e. The van der Waals surface area contributed by atoms with Crippen molar-refractivity contribution >= 4 is 6.08 Å². The predicted molar refractivity (Wildman–Crippen MR) is 47.1 cm³/mol. The number of nitrogens with zero attached hydrogens (tertiary/aromatic N) is 1. The molecule has 2 N–H and O–H groups in total. The van der Waals surface area contributed by atoms with Gasteiger partial charge in [-0.25, -0.2) is 4.99 Å². The molecule has 0 aromatic heterocycles. The molecule has 1 aliphatic rings. The molecular weight excluding hydrogens is 156 g/mol. The molecule has 0 fully saturated rings. The minimum Gasteiger partial charge on any atom is -0.451 e. The molecule has 1 rings (SSSR count). The summed E-state index contributed by atoms with van der Waals surface area (Å²) in [7, 11) is 0. The summed E-state index contributed by atoms with van der Waals surface area (Å²) in [5.74, 6) is 0. The van der Waals surface area contributed by atoms with Crippen molar-refractivity contribution in [3.8, 4) is 0 Å². The van der Waals surface area contributed by atoms with E-state index < -0.39 is 0 Å². The van der Waals surface area contributed by atoms with Crippen molar-refractivity contribution in [3.63, 3.8) is 0 Å². The summed E-state index contributed by atoms with van der Waals surface area (Å²) in [4.78, 5) is 4.12. The summed E-state index contributed by atoms with van der Waals surface area (Å²) in [6, 6.07) is 0.219. The predicted octanol–water partition coefficient (Wildman–Crippen LogP) is 0.517. The van der Waals surface area contributed by atoms with E-state index in [-0.39, 0.29) is 6.04 Å². The third-order valence-corrected chi connectivity index (χ3v) is 1.72. The van der Waals surface area contributed by atoms with Crippen LogP contribution in [0.25, 0.3) is 0 Å². The molecule has 0 radical (unpaired) electrons. The van der Waals surface area contributed by atoms with Gasteiger partial charge >= 0.3 is 6.08 Å². The zero-order valence-electron chi connectivity index (χ0n) is 7.45. The van der Waals surface area contributed by atoms with Crippen LogP contribution in [0.3, 0.4) is 0 Å². The van der Waals surface area contributed by atoms with E-state index in [2.05, 4.69) is 4.99 Å². The molecule has 0 saturated heterocycles. The molecule has 0 spiro atoms. The van der Waals surface area contributed by atoms with Crippen LogP contribution in [0.4, 0.5) is 0 Å². The van der Waals surface area contributed by atoms with Crippen LogP contribution < -0.4 is 5.73 Å². The quantitative estimate of drug-likeness (QED) is 0.627. The molecule has 0 aromatic carbocycles. The molecule has 12 heavy (non-hydrogen) atoms. The lowest BCUT2D eigenvalue weighted by Crippen LogP contribution is -2.26. The van der Waals surface area contributed by atoms with Crippen molar-refractivity contribution in [2.75, 3.05) is 19.8 Å². The van der Waals surface area contributed by atoms with Gasteiger partial charge in [0.15, 0.2) is 0 Å². The van der Waals surface area contributed by atoms with Crippen LogP contribution in [0.2, 0.25) is 0 Å². The first kappa shape index (κ1) is 9.32. The monoisotopic (exact) mass is 172 g/mol. The SMILES string of the molecule is CCO/C1=N\CCC(N)CCO1. The van der Waals surface area contributed by atoms with E-state index in [1.165, 1.54) is 0 Å². The number of hydrogen-bond acceptors (Lipinski definition) is 4. The molecule has 0 saturated carbocycles. The Labute approximate surface area is 72.8 Å². The molecule has 4 nitrogen and oxygen atoms in total. The third-order valence-electron chi connectivity index (χ3n) is 1.72. The van der Waals surface area contributed by atoms with Gasteiger partial charge in [0, 0.05) is 12.6 Å². The summed E-state index contributed by atoms with van der Waals surface area (Å²) >= 11 is 0. The summed E-state index contributed by atoms with van der Waals surface area (Å²) in [5, 5.41) is 0. The average Bonchev–Trinajstić information content (AvgIpc) is 2.00. The summed E-state index contributed by atoms with van der Waals surface area (Å²) < 4.78 is 10.4. The summed E-state index contributed by atoms with van der Waals surface area (Å²) in [6.07, 6.45) is 2.22. The number of aliphatic imine (C=N–C) groups is 1. The Morgan fingerprint density at radius 2 is 2.50 bits per heavy atom. The van der Waals surface area contributed by atoms with Gasteiger partial charge in [-0.2, -0.15) is 0 Å². The molecule has 70 valence electrons. The second kappa shape index (κ2) is 4.98. The van der Waals surface area contributed by atoms with Crippen molar-refractivity contribution in [3.05, 3.63) is 0 Å². The first-order valence-electron chi connectivity index (χ1n) is 4.38. The number of rotatable bonds is 1. The first-order valence-corrected chi connectivity index (χ1v) is 4.38. The van der Waals surface area contributed by atoms with Crippen LogP contribution in [0.5, 0.6) is 0 Å². The van der Waals surface area contributed by atoms with Gasteiger partial charge in [0.05, 0.1) is 13.2 Å². The number of ether oxygens (including phenoxy) is 2. The fourth-order valence-corrected chi connectivity index (χ4v) is 1.02. The van der Waals surface area contributed by atoms with Crippen LogP contribution in [0.15, 0.2) is 4.99 Å². The molecule has 4 heteroatoms. The van der Waals surface area contributed by atoms with Gasteiger partial charge in [-0.15, -0.1) is 0 Å².